The zero-order valence-corrected chi connectivity index (χ0v) is 11.9. The van der Waals surface area contributed by atoms with Crippen molar-refractivity contribution in [3.8, 4) is 0 Å². The molecule has 0 radical (unpaired) electrons. The Bertz CT molecular complexity index is 568. The highest BCUT2D eigenvalue weighted by Gasteiger charge is 2.11. The molecule has 2 rings (SSSR count). The van der Waals surface area contributed by atoms with Crippen molar-refractivity contribution >= 4 is 0 Å². The molecule has 0 amide bonds. The number of benzene rings is 1. The summed E-state index contributed by atoms with van der Waals surface area (Å²) in [6.45, 7) is 3.59. The van der Waals surface area contributed by atoms with Crippen LogP contribution in [-0.2, 0) is 20.1 Å². The van der Waals surface area contributed by atoms with Crippen LogP contribution in [0.4, 0.5) is 4.39 Å². The van der Waals surface area contributed by atoms with E-state index >= 15 is 0 Å². The van der Waals surface area contributed by atoms with Gasteiger partial charge in [0.25, 0.3) is 0 Å². The van der Waals surface area contributed by atoms with Crippen molar-refractivity contribution in [1.29, 1.82) is 0 Å². The third kappa shape index (κ3) is 3.65. The summed E-state index contributed by atoms with van der Waals surface area (Å²) in [6.07, 6.45) is 3.52. The van der Waals surface area contributed by atoms with Crippen molar-refractivity contribution in [3.63, 3.8) is 0 Å². The first-order chi connectivity index (χ1) is 9.60. The smallest absolute Gasteiger partial charge is 0.127 e. The van der Waals surface area contributed by atoms with Gasteiger partial charge < -0.3 is 9.67 Å². The van der Waals surface area contributed by atoms with Crippen LogP contribution in [0.15, 0.2) is 30.7 Å². The largest absolute Gasteiger partial charge is 0.395 e. The van der Waals surface area contributed by atoms with Crippen LogP contribution in [0.1, 0.15) is 16.8 Å². The van der Waals surface area contributed by atoms with E-state index in [1.807, 2.05) is 29.5 Å². The molecule has 2 aromatic rings. The van der Waals surface area contributed by atoms with Gasteiger partial charge in [-0.05, 0) is 13.0 Å². The Morgan fingerprint density at radius 1 is 1.35 bits per heavy atom. The highest BCUT2D eigenvalue weighted by atomic mass is 19.1. The zero-order chi connectivity index (χ0) is 14.5. The summed E-state index contributed by atoms with van der Waals surface area (Å²) >= 11 is 0. The fraction of sp³-hybridized carbons (Fsp3) is 0.400. The molecule has 20 heavy (non-hydrogen) atoms. The summed E-state index contributed by atoms with van der Waals surface area (Å²) in [5, 5.41) is 9.18. The molecule has 0 spiro atoms. The summed E-state index contributed by atoms with van der Waals surface area (Å²) in [6, 6.07) is 5.10. The molecule has 0 saturated heterocycles. The van der Waals surface area contributed by atoms with Crippen LogP contribution in [0.25, 0.3) is 0 Å². The van der Waals surface area contributed by atoms with Gasteiger partial charge in [0.1, 0.15) is 5.82 Å². The maximum atomic E-state index is 13.8. The summed E-state index contributed by atoms with van der Waals surface area (Å²) < 4.78 is 15.7. The number of aromatic nitrogens is 2. The molecule has 0 aliphatic heterocycles. The fourth-order valence-corrected chi connectivity index (χ4v) is 2.19. The second kappa shape index (κ2) is 6.63. The Morgan fingerprint density at radius 3 is 2.80 bits per heavy atom. The summed E-state index contributed by atoms with van der Waals surface area (Å²) in [5.74, 6) is -0.205. The molecule has 0 unspecified atom stereocenters. The fourth-order valence-electron chi connectivity index (χ4n) is 2.19. The van der Waals surface area contributed by atoms with Gasteiger partial charge in [-0.25, -0.2) is 9.37 Å². The topological polar surface area (TPSA) is 41.3 Å². The van der Waals surface area contributed by atoms with Crippen LogP contribution in [0.5, 0.6) is 0 Å². The molecule has 0 aliphatic carbocycles. The van der Waals surface area contributed by atoms with Gasteiger partial charge in [0, 0.05) is 38.4 Å². The molecular weight excluding hydrogens is 257 g/mol. The molecule has 0 saturated carbocycles. The van der Waals surface area contributed by atoms with Crippen LogP contribution in [0.3, 0.4) is 0 Å². The monoisotopic (exact) mass is 277 g/mol. The lowest BCUT2D eigenvalue weighted by Gasteiger charge is -2.22. The predicted molar refractivity (Wildman–Crippen MR) is 75.5 cm³/mol. The third-order valence-corrected chi connectivity index (χ3v) is 3.31. The minimum Gasteiger partial charge on any atom is -0.395 e. The van der Waals surface area contributed by atoms with Crippen molar-refractivity contribution in [2.24, 2.45) is 7.05 Å². The maximum absolute atomic E-state index is 13.8. The van der Waals surface area contributed by atoms with Crippen molar-refractivity contribution in [1.82, 2.24) is 14.5 Å². The molecule has 0 fully saturated rings. The van der Waals surface area contributed by atoms with E-state index in [2.05, 4.69) is 4.98 Å². The molecule has 108 valence electrons. The van der Waals surface area contributed by atoms with Crippen LogP contribution in [-0.4, -0.2) is 32.7 Å². The van der Waals surface area contributed by atoms with Gasteiger partial charge in [-0.1, -0.05) is 17.7 Å². The molecule has 1 N–H and O–H groups in total. The SMILES string of the molecule is Cc1ccc(F)c(CN(CCO)Cc2cncn2C)c1. The molecule has 0 atom stereocenters. The standard InChI is InChI=1S/C15H20FN3O/c1-12-3-4-15(16)13(7-12)9-19(5-6-20)10-14-8-17-11-18(14)2/h3-4,7-8,11,20H,5-6,9-10H2,1-2H3. The van der Waals surface area contributed by atoms with Crippen LogP contribution in [0.2, 0.25) is 0 Å². The van der Waals surface area contributed by atoms with Gasteiger partial charge in [0.05, 0.1) is 18.6 Å². The van der Waals surface area contributed by atoms with Crippen LogP contribution < -0.4 is 0 Å². The summed E-state index contributed by atoms with van der Waals surface area (Å²) in [4.78, 5) is 6.08. The number of rotatable bonds is 6. The van der Waals surface area contributed by atoms with Gasteiger partial charge in [-0.2, -0.15) is 0 Å². The lowest BCUT2D eigenvalue weighted by Crippen LogP contribution is -2.27. The molecule has 1 aromatic heterocycles. The first kappa shape index (κ1) is 14.7. The Hall–Kier alpha value is -1.72. The predicted octanol–water partition coefficient (Wildman–Crippen LogP) is 1.86. The molecule has 5 heteroatoms. The Morgan fingerprint density at radius 2 is 2.15 bits per heavy atom. The highest BCUT2D eigenvalue weighted by molar-refractivity contribution is 5.24. The van der Waals surface area contributed by atoms with Gasteiger partial charge in [0.2, 0.25) is 0 Å². The second-order valence-corrected chi connectivity index (χ2v) is 5.03. The molecule has 1 aromatic carbocycles. The number of aryl methyl sites for hydroxylation is 2. The molecule has 1 heterocycles. The van der Waals surface area contributed by atoms with Crippen LogP contribution >= 0.6 is 0 Å². The normalized spacial score (nSPS) is 11.2. The minimum atomic E-state index is -0.205. The van der Waals surface area contributed by atoms with E-state index in [4.69, 9.17) is 0 Å². The lowest BCUT2D eigenvalue weighted by molar-refractivity contribution is 0.180. The number of halogens is 1. The number of hydrogen-bond acceptors (Lipinski definition) is 3. The van der Waals surface area contributed by atoms with E-state index in [1.165, 1.54) is 6.07 Å². The van der Waals surface area contributed by atoms with E-state index in [0.717, 1.165) is 11.3 Å². The summed E-state index contributed by atoms with van der Waals surface area (Å²) in [7, 11) is 1.92. The van der Waals surface area contributed by atoms with E-state index in [0.29, 0.717) is 25.2 Å². The number of nitrogens with zero attached hydrogens (tertiary/aromatic N) is 3. The van der Waals surface area contributed by atoms with E-state index < -0.39 is 0 Å². The molecule has 4 nitrogen and oxygen atoms in total. The Balaban J connectivity index is 2.13. The number of hydrogen-bond donors (Lipinski definition) is 1. The molecule has 0 aliphatic rings. The summed E-state index contributed by atoms with van der Waals surface area (Å²) in [5.41, 5.74) is 2.72. The molecular formula is C15H20FN3O. The zero-order valence-electron chi connectivity index (χ0n) is 11.9. The number of aliphatic hydroxyl groups is 1. The number of imidazole rings is 1. The van der Waals surface area contributed by atoms with Crippen LogP contribution in [0, 0.1) is 12.7 Å². The van der Waals surface area contributed by atoms with Crippen molar-refractivity contribution in [3.05, 3.63) is 53.4 Å². The lowest BCUT2D eigenvalue weighted by atomic mass is 10.1. The Kier molecular flexibility index (Phi) is 4.87. The van der Waals surface area contributed by atoms with Gasteiger partial charge in [-0.3, -0.25) is 4.90 Å². The van der Waals surface area contributed by atoms with E-state index in [-0.39, 0.29) is 12.4 Å². The third-order valence-electron chi connectivity index (χ3n) is 3.31. The average molecular weight is 277 g/mol. The number of aliphatic hydroxyl groups excluding tert-OH is 1. The average Bonchev–Trinajstić information content (AvgIpc) is 2.80. The van der Waals surface area contributed by atoms with Crippen molar-refractivity contribution < 1.29 is 9.50 Å². The molecule has 0 bridgehead atoms. The minimum absolute atomic E-state index is 0.0469. The van der Waals surface area contributed by atoms with E-state index in [9.17, 15) is 9.50 Å². The maximum Gasteiger partial charge on any atom is 0.127 e. The second-order valence-electron chi connectivity index (χ2n) is 5.03. The van der Waals surface area contributed by atoms with Crippen molar-refractivity contribution in [2.45, 2.75) is 20.0 Å². The first-order valence-electron chi connectivity index (χ1n) is 6.63. The quantitative estimate of drug-likeness (QED) is 0.876. The van der Waals surface area contributed by atoms with E-state index in [1.54, 1.807) is 18.6 Å². The van der Waals surface area contributed by atoms with Gasteiger partial charge in [-0.15, -0.1) is 0 Å². The highest BCUT2D eigenvalue weighted by Crippen LogP contribution is 2.14. The Labute approximate surface area is 118 Å². The van der Waals surface area contributed by atoms with Gasteiger partial charge >= 0.3 is 0 Å². The van der Waals surface area contributed by atoms with Crippen molar-refractivity contribution in [2.75, 3.05) is 13.2 Å². The first-order valence-corrected chi connectivity index (χ1v) is 6.63. The van der Waals surface area contributed by atoms with Gasteiger partial charge in [0.15, 0.2) is 0 Å².